The van der Waals surface area contributed by atoms with Crippen molar-refractivity contribution < 1.29 is 18.0 Å². The number of rotatable bonds is 4. The Labute approximate surface area is 78.1 Å². The van der Waals surface area contributed by atoms with E-state index in [9.17, 15) is 13.2 Å². The van der Waals surface area contributed by atoms with Crippen molar-refractivity contribution in [3.63, 3.8) is 0 Å². The highest BCUT2D eigenvalue weighted by molar-refractivity contribution is 4.96. The van der Waals surface area contributed by atoms with Crippen LogP contribution in [0.15, 0.2) is 18.6 Å². The fourth-order valence-electron chi connectivity index (χ4n) is 0.680. The average molecular weight is 207 g/mol. The summed E-state index contributed by atoms with van der Waals surface area (Å²) in [5.41, 5.74) is 2.71. The van der Waals surface area contributed by atoms with Crippen LogP contribution < -0.4 is 5.48 Å². The standard InChI is InChI=1S/C7H8F3N3O/c8-7(9,10)4-14-13-3-6-1-2-11-5-12-6/h1-2,5,13H,3-4H2. The molecule has 0 radical (unpaired) electrons. The maximum atomic E-state index is 11.6. The number of aromatic nitrogens is 2. The molecule has 4 nitrogen and oxygen atoms in total. The van der Waals surface area contributed by atoms with Crippen molar-refractivity contribution in [1.82, 2.24) is 15.4 Å². The molecule has 14 heavy (non-hydrogen) atoms. The summed E-state index contributed by atoms with van der Waals surface area (Å²) in [7, 11) is 0. The number of nitrogens with zero attached hydrogens (tertiary/aromatic N) is 2. The summed E-state index contributed by atoms with van der Waals surface area (Å²) < 4.78 is 34.8. The van der Waals surface area contributed by atoms with Crippen molar-refractivity contribution in [3.05, 3.63) is 24.3 Å². The molecule has 0 saturated heterocycles. The first-order valence-corrected chi connectivity index (χ1v) is 3.74. The molecule has 0 aliphatic heterocycles. The van der Waals surface area contributed by atoms with E-state index >= 15 is 0 Å². The van der Waals surface area contributed by atoms with Gasteiger partial charge in [-0.1, -0.05) is 0 Å². The highest BCUT2D eigenvalue weighted by Crippen LogP contribution is 2.13. The lowest BCUT2D eigenvalue weighted by molar-refractivity contribution is -0.190. The fourth-order valence-corrected chi connectivity index (χ4v) is 0.680. The lowest BCUT2D eigenvalue weighted by Crippen LogP contribution is -2.24. The fraction of sp³-hybridized carbons (Fsp3) is 0.429. The minimum absolute atomic E-state index is 0.110. The molecule has 78 valence electrons. The zero-order valence-electron chi connectivity index (χ0n) is 7.08. The molecular weight excluding hydrogens is 199 g/mol. The van der Waals surface area contributed by atoms with Crippen molar-refractivity contribution in [3.8, 4) is 0 Å². The molecule has 0 spiro atoms. The second kappa shape index (κ2) is 4.87. The van der Waals surface area contributed by atoms with E-state index in [-0.39, 0.29) is 6.54 Å². The molecule has 0 unspecified atom stereocenters. The number of hydrogen-bond acceptors (Lipinski definition) is 4. The van der Waals surface area contributed by atoms with Gasteiger partial charge in [0, 0.05) is 6.20 Å². The Balaban J connectivity index is 2.17. The first kappa shape index (κ1) is 10.9. The number of hydrogen-bond donors (Lipinski definition) is 1. The largest absolute Gasteiger partial charge is 0.413 e. The Morgan fingerprint density at radius 1 is 1.43 bits per heavy atom. The van der Waals surface area contributed by atoms with E-state index < -0.39 is 12.8 Å². The van der Waals surface area contributed by atoms with E-state index in [0.717, 1.165) is 0 Å². The second-order valence-electron chi connectivity index (χ2n) is 2.43. The summed E-state index contributed by atoms with van der Waals surface area (Å²) >= 11 is 0. The molecule has 0 fully saturated rings. The van der Waals surface area contributed by atoms with E-state index in [4.69, 9.17) is 0 Å². The topological polar surface area (TPSA) is 47.0 Å². The van der Waals surface area contributed by atoms with Crippen molar-refractivity contribution in [2.24, 2.45) is 0 Å². The molecule has 0 aliphatic rings. The van der Waals surface area contributed by atoms with Gasteiger partial charge < -0.3 is 0 Å². The molecule has 0 amide bonds. The van der Waals surface area contributed by atoms with Crippen molar-refractivity contribution in [1.29, 1.82) is 0 Å². The summed E-state index contributed by atoms with van der Waals surface area (Å²) in [4.78, 5) is 11.6. The van der Waals surface area contributed by atoms with Crippen LogP contribution in [0.4, 0.5) is 13.2 Å². The first-order valence-electron chi connectivity index (χ1n) is 3.74. The smallest absolute Gasteiger partial charge is 0.292 e. The van der Waals surface area contributed by atoms with Crippen LogP contribution in [0.2, 0.25) is 0 Å². The van der Waals surface area contributed by atoms with E-state index in [1.807, 2.05) is 0 Å². The van der Waals surface area contributed by atoms with Crippen LogP contribution in [0, 0.1) is 0 Å². The second-order valence-corrected chi connectivity index (χ2v) is 2.43. The van der Waals surface area contributed by atoms with E-state index in [1.54, 1.807) is 6.07 Å². The predicted molar refractivity (Wildman–Crippen MR) is 40.9 cm³/mol. The normalized spacial score (nSPS) is 11.6. The molecule has 1 rings (SSSR count). The third kappa shape index (κ3) is 4.73. The molecule has 0 bridgehead atoms. The van der Waals surface area contributed by atoms with Gasteiger partial charge in [-0.25, -0.2) is 9.97 Å². The van der Waals surface area contributed by atoms with Gasteiger partial charge in [-0.2, -0.15) is 18.7 Å². The Hall–Kier alpha value is -1.21. The molecule has 1 heterocycles. The summed E-state index contributed by atoms with van der Waals surface area (Å²) in [6.45, 7) is -1.21. The van der Waals surface area contributed by atoms with Crippen LogP contribution in [0.3, 0.4) is 0 Å². The van der Waals surface area contributed by atoms with Gasteiger partial charge in [-0.3, -0.25) is 4.84 Å². The molecular formula is C7H8F3N3O. The lowest BCUT2D eigenvalue weighted by Gasteiger charge is -2.07. The minimum Gasteiger partial charge on any atom is -0.292 e. The van der Waals surface area contributed by atoms with Crippen LogP contribution in [-0.4, -0.2) is 22.8 Å². The van der Waals surface area contributed by atoms with E-state index in [2.05, 4.69) is 20.3 Å². The van der Waals surface area contributed by atoms with Gasteiger partial charge in [0.1, 0.15) is 6.33 Å². The molecule has 1 aromatic rings. The Bertz CT molecular complexity index is 265. The molecule has 7 heteroatoms. The third-order valence-electron chi connectivity index (χ3n) is 1.23. The lowest BCUT2D eigenvalue weighted by atomic mass is 10.4. The monoisotopic (exact) mass is 207 g/mol. The van der Waals surface area contributed by atoms with Crippen molar-refractivity contribution >= 4 is 0 Å². The number of alkyl halides is 3. The molecule has 0 aromatic carbocycles. The highest BCUT2D eigenvalue weighted by atomic mass is 19.4. The minimum atomic E-state index is -4.32. The predicted octanol–water partition coefficient (Wildman–Crippen LogP) is 1.06. The number of nitrogens with one attached hydrogen (secondary N) is 1. The number of halogens is 3. The molecule has 0 aliphatic carbocycles. The molecule has 0 atom stereocenters. The summed E-state index contributed by atoms with van der Waals surface area (Å²) in [5.74, 6) is 0. The van der Waals surface area contributed by atoms with Crippen LogP contribution in [0.25, 0.3) is 0 Å². The van der Waals surface area contributed by atoms with Gasteiger partial charge >= 0.3 is 6.18 Å². The SMILES string of the molecule is FC(F)(F)CONCc1ccncn1. The van der Waals surface area contributed by atoms with Crippen molar-refractivity contribution in [2.45, 2.75) is 12.7 Å². The zero-order chi connectivity index (χ0) is 10.4. The Morgan fingerprint density at radius 3 is 2.79 bits per heavy atom. The average Bonchev–Trinajstić information content (AvgIpc) is 2.13. The van der Waals surface area contributed by atoms with Gasteiger partial charge in [0.05, 0.1) is 12.2 Å². The molecule has 1 N–H and O–H groups in total. The van der Waals surface area contributed by atoms with Crippen molar-refractivity contribution in [2.75, 3.05) is 6.61 Å². The van der Waals surface area contributed by atoms with Crippen LogP contribution >= 0.6 is 0 Å². The Kier molecular flexibility index (Phi) is 3.78. The molecule has 1 aromatic heterocycles. The Morgan fingerprint density at radius 2 is 2.21 bits per heavy atom. The van der Waals surface area contributed by atoms with Gasteiger partial charge in [0.15, 0.2) is 6.61 Å². The number of hydroxylamine groups is 1. The first-order chi connectivity index (χ1) is 6.58. The molecule has 0 saturated carbocycles. The van der Waals surface area contributed by atoms with Crippen LogP contribution in [0.1, 0.15) is 5.69 Å². The summed E-state index contributed by atoms with van der Waals surface area (Å²) in [5, 5.41) is 0. The van der Waals surface area contributed by atoms with Gasteiger partial charge in [0.25, 0.3) is 0 Å². The summed E-state index contributed by atoms with van der Waals surface area (Å²) in [6.07, 6.45) is -1.52. The van der Waals surface area contributed by atoms with Gasteiger partial charge in [0.2, 0.25) is 0 Å². The highest BCUT2D eigenvalue weighted by Gasteiger charge is 2.27. The van der Waals surface area contributed by atoms with Crippen LogP contribution in [0.5, 0.6) is 0 Å². The zero-order valence-corrected chi connectivity index (χ0v) is 7.08. The van der Waals surface area contributed by atoms with Gasteiger partial charge in [-0.15, -0.1) is 0 Å². The van der Waals surface area contributed by atoms with Crippen LogP contribution in [-0.2, 0) is 11.4 Å². The van der Waals surface area contributed by atoms with E-state index in [1.165, 1.54) is 12.5 Å². The van der Waals surface area contributed by atoms with E-state index in [0.29, 0.717) is 5.69 Å². The maximum Gasteiger partial charge on any atom is 0.413 e. The summed E-state index contributed by atoms with van der Waals surface area (Å²) in [6, 6.07) is 1.57. The third-order valence-corrected chi connectivity index (χ3v) is 1.23. The van der Waals surface area contributed by atoms with Gasteiger partial charge in [-0.05, 0) is 6.07 Å². The quantitative estimate of drug-likeness (QED) is 0.592. The maximum absolute atomic E-state index is 11.6.